The zero-order valence-corrected chi connectivity index (χ0v) is 33.0. The van der Waals surface area contributed by atoms with Crippen LogP contribution >= 0.6 is 0 Å². The number of allylic oxidation sites excluding steroid dienone is 1. The third kappa shape index (κ3) is 11.6. The van der Waals surface area contributed by atoms with E-state index in [4.69, 9.17) is 38.3 Å². The SMILES string of the molecule is O=C(O)CC(=O)OC[C@H]1O[C@@H](OC2CC(O)CC3OC(C4CCC(O)CC4)C(O[C@@H]4O[C@H](COC(=O)C=CC5CCC(O)C(O)C5)[C@@H](O)[C@H](O)[C@H]4O)CC32)[C@H](O)[C@@H](O)[C@@H]1O. The highest BCUT2D eigenvalue weighted by Crippen LogP contribution is 2.45. The van der Waals surface area contributed by atoms with Crippen LogP contribution in [-0.4, -0.2) is 198 Å². The van der Waals surface area contributed by atoms with E-state index >= 15 is 0 Å². The van der Waals surface area contributed by atoms with Crippen LogP contribution < -0.4 is 0 Å². The van der Waals surface area contributed by atoms with Gasteiger partial charge in [0.2, 0.25) is 0 Å². The lowest BCUT2D eigenvalue weighted by molar-refractivity contribution is -0.344. The first-order valence-corrected chi connectivity index (χ1v) is 20.8. The van der Waals surface area contributed by atoms with Gasteiger partial charge in [-0.25, -0.2) is 4.79 Å². The Kier molecular flexibility index (Phi) is 16.3. The fraction of sp³-hybridized carbons (Fsp3) is 0.872. The molecule has 6 rings (SSSR count). The third-order valence-corrected chi connectivity index (χ3v) is 12.7. The summed E-state index contributed by atoms with van der Waals surface area (Å²) in [5.74, 6) is -4.29. The Morgan fingerprint density at radius 2 is 1.18 bits per heavy atom. The van der Waals surface area contributed by atoms with Crippen molar-refractivity contribution in [1.29, 1.82) is 0 Å². The zero-order valence-electron chi connectivity index (χ0n) is 33.0. The molecule has 0 aromatic heterocycles. The molecule has 3 saturated heterocycles. The second-order valence-corrected chi connectivity index (χ2v) is 17.1. The van der Waals surface area contributed by atoms with Gasteiger partial charge in [0, 0.05) is 18.4 Å². The number of aliphatic carboxylic acids is 1. The van der Waals surface area contributed by atoms with Crippen molar-refractivity contribution in [3.05, 3.63) is 12.2 Å². The summed E-state index contributed by atoms with van der Waals surface area (Å²) in [6.45, 7) is -1.21. The van der Waals surface area contributed by atoms with Gasteiger partial charge in [-0.05, 0) is 69.6 Å². The Hall–Kier alpha value is -2.45. The van der Waals surface area contributed by atoms with Crippen molar-refractivity contribution >= 4 is 17.9 Å². The van der Waals surface area contributed by atoms with Gasteiger partial charge < -0.3 is 89.3 Å². The van der Waals surface area contributed by atoms with Crippen LogP contribution in [0.5, 0.6) is 0 Å². The quantitative estimate of drug-likeness (QED) is 0.0486. The molecule has 0 bridgehead atoms. The summed E-state index contributed by atoms with van der Waals surface area (Å²) in [5.41, 5.74) is 0. The Labute approximate surface area is 345 Å². The Balaban J connectivity index is 1.15. The summed E-state index contributed by atoms with van der Waals surface area (Å²) in [6, 6.07) is 0. The van der Waals surface area contributed by atoms with E-state index in [2.05, 4.69) is 0 Å². The number of aliphatic hydroxyl groups excluding tert-OH is 10. The standard InChI is InChI=1S/C39H60O21/c40-18-5-3-17(4-6-18)37-25(58-39-36(53)34(51)31(48)26(60-39)14-54-29(46)8-2-16-1-7-21(42)22(43)9-16)12-20-23(56-37)10-19(41)11-24(20)57-38-35(52)33(50)32(49)27(59-38)15-55-30(47)13-28(44)45/h2,8,16-27,31-43,48-53H,1,3-7,9-15H2,(H,44,45)/t16?,17?,18?,19?,20?,21?,22?,23?,24?,25?,26-,27-,31-,32-,33+,34+,35-,36-,37?,38-,39-/m1/s1. The van der Waals surface area contributed by atoms with Gasteiger partial charge in [0.05, 0.1) is 48.8 Å². The number of aliphatic hydroxyl groups is 10. The van der Waals surface area contributed by atoms with E-state index in [1.807, 2.05) is 0 Å². The van der Waals surface area contributed by atoms with Gasteiger partial charge in [-0.2, -0.15) is 0 Å². The van der Waals surface area contributed by atoms with Gasteiger partial charge in [0.25, 0.3) is 0 Å². The molecule has 0 spiro atoms. The summed E-state index contributed by atoms with van der Waals surface area (Å²) in [4.78, 5) is 35.3. The number of hydrogen-bond acceptors (Lipinski definition) is 20. The maximum Gasteiger partial charge on any atom is 0.330 e. The predicted octanol–water partition coefficient (Wildman–Crippen LogP) is -3.51. The molecule has 60 heavy (non-hydrogen) atoms. The summed E-state index contributed by atoms with van der Waals surface area (Å²) in [6.07, 6.45) is -17.6. The predicted molar refractivity (Wildman–Crippen MR) is 196 cm³/mol. The van der Waals surface area contributed by atoms with Gasteiger partial charge in [-0.1, -0.05) is 6.08 Å². The minimum absolute atomic E-state index is 0.000341. The highest BCUT2D eigenvalue weighted by atomic mass is 16.7. The lowest BCUT2D eigenvalue weighted by Crippen LogP contribution is -2.63. The molecule has 11 N–H and O–H groups in total. The summed E-state index contributed by atoms with van der Waals surface area (Å²) < 4.78 is 41.1. The highest BCUT2D eigenvalue weighted by Gasteiger charge is 2.54. The van der Waals surface area contributed by atoms with Crippen molar-refractivity contribution in [1.82, 2.24) is 0 Å². The van der Waals surface area contributed by atoms with Crippen molar-refractivity contribution < 1.29 is 104 Å². The monoisotopic (exact) mass is 864 g/mol. The van der Waals surface area contributed by atoms with Gasteiger partial charge >= 0.3 is 17.9 Å². The lowest BCUT2D eigenvalue weighted by Gasteiger charge is -2.52. The Bertz CT molecular complexity index is 1460. The zero-order chi connectivity index (χ0) is 43.4. The lowest BCUT2D eigenvalue weighted by atomic mass is 9.73. The van der Waals surface area contributed by atoms with E-state index < -0.39 is 154 Å². The molecule has 6 fully saturated rings. The third-order valence-electron chi connectivity index (χ3n) is 12.7. The number of ether oxygens (including phenoxy) is 7. The summed E-state index contributed by atoms with van der Waals surface area (Å²) in [5, 5.41) is 115. The topological polar surface area (TPSA) is 338 Å². The molecule has 0 aromatic rings. The maximum absolute atomic E-state index is 12.6. The van der Waals surface area contributed by atoms with Gasteiger partial charge in [-0.15, -0.1) is 0 Å². The molecule has 9 unspecified atom stereocenters. The van der Waals surface area contributed by atoms with E-state index in [0.717, 1.165) is 0 Å². The molecule has 0 amide bonds. The van der Waals surface area contributed by atoms with Crippen LogP contribution in [0.3, 0.4) is 0 Å². The summed E-state index contributed by atoms with van der Waals surface area (Å²) >= 11 is 0. The largest absolute Gasteiger partial charge is 0.481 e. The van der Waals surface area contributed by atoms with Crippen molar-refractivity contribution in [3.8, 4) is 0 Å². The molecule has 3 aliphatic carbocycles. The molecule has 0 aromatic carbocycles. The van der Waals surface area contributed by atoms with Gasteiger partial charge in [-0.3, -0.25) is 9.59 Å². The normalized spacial score (nSPS) is 46.3. The average Bonchev–Trinajstić information content (AvgIpc) is 3.20. The van der Waals surface area contributed by atoms with Crippen LogP contribution in [0.2, 0.25) is 0 Å². The molecular weight excluding hydrogens is 804 g/mol. The van der Waals surface area contributed by atoms with Crippen LogP contribution in [0.25, 0.3) is 0 Å². The average molecular weight is 865 g/mol. The highest BCUT2D eigenvalue weighted by molar-refractivity contribution is 5.90. The number of hydrogen-bond donors (Lipinski definition) is 11. The van der Waals surface area contributed by atoms with Crippen molar-refractivity contribution in [2.24, 2.45) is 17.8 Å². The number of rotatable bonds is 13. The second kappa shape index (κ2) is 20.8. The number of fused-ring (bicyclic) bond motifs is 1. The van der Waals surface area contributed by atoms with E-state index in [1.165, 1.54) is 6.08 Å². The smallest absolute Gasteiger partial charge is 0.330 e. The molecule has 19 atom stereocenters. The fourth-order valence-corrected chi connectivity index (χ4v) is 9.30. The maximum atomic E-state index is 12.6. The van der Waals surface area contributed by atoms with Crippen LogP contribution in [-0.2, 0) is 47.5 Å². The van der Waals surface area contributed by atoms with Crippen LogP contribution in [0.4, 0.5) is 0 Å². The van der Waals surface area contributed by atoms with E-state index in [-0.39, 0.29) is 37.5 Å². The number of carbonyl (C=O) groups excluding carboxylic acids is 2. The number of esters is 2. The second-order valence-electron chi connectivity index (χ2n) is 17.1. The van der Waals surface area contributed by atoms with Crippen molar-refractivity contribution in [2.75, 3.05) is 13.2 Å². The first-order valence-electron chi connectivity index (χ1n) is 20.8. The molecule has 3 saturated carbocycles. The molecule has 0 radical (unpaired) electrons. The van der Waals surface area contributed by atoms with E-state index in [9.17, 15) is 65.4 Å². The van der Waals surface area contributed by atoms with Crippen LogP contribution in [0, 0.1) is 17.8 Å². The molecule has 6 aliphatic rings. The fourth-order valence-electron chi connectivity index (χ4n) is 9.30. The number of carboxylic acid groups (broad SMARTS) is 1. The van der Waals surface area contributed by atoms with E-state index in [0.29, 0.717) is 38.5 Å². The molecule has 3 aliphatic heterocycles. The summed E-state index contributed by atoms with van der Waals surface area (Å²) in [7, 11) is 0. The van der Waals surface area contributed by atoms with Crippen molar-refractivity contribution in [3.63, 3.8) is 0 Å². The molecule has 3 heterocycles. The molecule has 21 heteroatoms. The minimum atomic E-state index is -1.84. The minimum Gasteiger partial charge on any atom is -0.481 e. The first kappa shape index (κ1) is 47.0. The van der Waals surface area contributed by atoms with Crippen molar-refractivity contribution in [2.45, 2.75) is 181 Å². The number of carbonyl (C=O) groups is 3. The molecular formula is C39H60O21. The van der Waals surface area contributed by atoms with Gasteiger partial charge in [0.1, 0.15) is 68.5 Å². The van der Waals surface area contributed by atoms with Crippen LogP contribution in [0.15, 0.2) is 12.2 Å². The van der Waals surface area contributed by atoms with Gasteiger partial charge in [0.15, 0.2) is 12.6 Å². The number of carboxylic acids is 1. The first-order chi connectivity index (χ1) is 28.5. The Morgan fingerprint density at radius 1 is 0.583 bits per heavy atom. The van der Waals surface area contributed by atoms with Crippen LogP contribution in [0.1, 0.15) is 70.6 Å². The Morgan fingerprint density at radius 3 is 1.78 bits per heavy atom. The van der Waals surface area contributed by atoms with E-state index in [1.54, 1.807) is 6.08 Å². The molecule has 21 nitrogen and oxygen atoms in total. The molecule has 342 valence electrons.